The Kier molecular flexibility index (Phi) is 4.87. The molecule has 1 unspecified atom stereocenters. The minimum absolute atomic E-state index is 0.0412. The topological polar surface area (TPSA) is 46.6 Å². The summed E-state index contributed by atoms with van der Waals surface area (Å²) in [5.74, 6) is -2.01. The van der Waals surface area contributed by atoms with Crippen LogP contribution in [0.4, 0.5) is 4.39 Å². The summed E-state index contributed by atoms with van der Waals surface area (Å²) in [6.45, 7) is 2.56. The Morgan fingerprint density at radius 2 is 2.17 bits per heavy atom. The van der Waals surface area contributed by atoms with Crippen LogP contribution in [0.3, 0.4) is 0 Å². The van der Waals surface area contributed by atoms with Crippen LogP contribution in [0.15, 0.2) is 29.6 Å². The smallest absolute Gasteiger partial charge is 0.343 e. The Bertz CT molecular complexity index is 772. The molecular weight excluding hydrogens is 353 g/mol. The summed E-state index contributed by atoms with van der Waals surface area (Å²) in [7, 11) is 0. The van der Waals surface area contributed by atoms with Crippen molar-refractivity contribution in [2.45, 2.75) is 26.0 Å². The first-order chi connectivity index (χ1) is 11.5. The molecule has 0 saturated heterocycles. The average molecular weight is 368 g/mol. The van der Waals surface area contributed by atoms with E-state index in [0.717, 1.165) is 18.1 Å². The molecule has 24 heavy (non-hydrogen) atoms. The van der Waals surface area contributed by atoms with Gasteiger partial charge in [-0.25, -0.2) is 9.18 Å². The van der Waals surface area contributed by atoms with Gasteiger partial charge >= 0.3 is 5.97 Å². The van der Waals surface area contributed by atoms with Gasteiger partial charge in [0.1, 0.15) is 11.4 Å². The summed E-state index contributed by atoms with van der Waals surface area (Å²) < 4.78 is 18.9. The van der Waals surface area contributed by atoms with Crippen LogP contribution >= 0.6 is 22.9 Å². The van der Waals surface area contributed by atoms with Crippen molar-refractivity contribution in [1.29, 1.82) is 0 Å². The number of rotatable bonds is 3. The van der Waals surface area contributed by atoms with E-state index in [1.54, 1.807) is 16.2 Å². The van der Waals surface area contributed by atoms with Crippen molar-refractivity contribution in [3.05, 3.63) is 56.5 Å². The number of ether oxygens (including phenoxy) is 1. The second-order valence-corrected chi connectivity index (χ2v) is 6.93. The van der Waals surface area contributed by atoms with E-state index in [0.29, 0.717) is 13.1 Å². The quantitative estimate of drug-likeness (QED) is 0.777. The molecule has 0 fully saturated rings. The second kappa shape index (κ2) is 6.91. The lowest BCUT2D eigenvalue weighted by Crippen LogP contribution is -2.42. The number of nitrogens with zero attached hydrogens (tertiary/aromatic N) is 1. The highest BCUT2D eigenvalue weighted by atomic mass is 35.5. The first-order valence-electron chi connectivity index (χ1n) is 7.46. The lowest BCUT2D eigenvalue weighted by atomic mass is 10.1. The van der Waals surface area contributed by atoms with Crippen molar-refractivity contribution >= 4 is 34.8 Å². The van der Waals surface area contributed by atoms with Crippen molar-refractivity contribution in [1.82, 2.24) is 4.90 Å². The van der Waals surface area contributed by atoms with E-state index in [-0.39, 0.29) is 16.5 Å². The molecule has 2 heterocycles. The SMILES string of the molecule is CC(OC(=O)c1c(F)cccc1Cl)C(=O)N1CCc2sccc2C1. The maximum absolute atomic E-state index is 13.8. The molecule has 1 atom stereocenters. The van der Waals surface area contributed by atoms with E-state index in [9.17, 15) is 14.0 Å². The summed E-state index contributed by atoms with van der Waals surface area (Å²) in [5.41, 5.74) is 0.771. The summed E-state index contributed by atoms with van der Waals surface area (Å²) in [4.78, 5) is 27.5. The first kappa shape index (κ1) is 16.9. The van der Waals surface area contributed by atoms with Gasteiger partial charge in [0.2, 0.25) is 0 Å². The molecule has 0 radical (unpaired) electrons. The van der Waals surface area contributed by atoms with Crippen LogP contribution < -0.4 is 0 Å². The predicted octanol–water partition coefficient (Wildman–Crippen LogP) is 3.67. The lowest BCUT2D eigenvalue weighted by molar-refractivity contribution is -0.140. The Morgan fingerprint density at radius 1 is 1.38 bits per heavy atom. The van der Waals surface area contributed by atoms with Crippen LogP contribution in [0, 0.1) is 5.82 Å². The molecule has 0 saturated carbocycles. The summed E-state index contributed by atoms with van der Waals surface area (Å²) in [5, 5.41) is 1.96. The van der Waals surface area contributed by atoms with Crippen LogP contribution in [0.1, 0.15) is 27.7 Å². The Hall–Kier alpha value is -1.92. The molecule has 7 heteroatoms. The van der Waals surface area contributed by atoms with Gasteiger partial charge in [-0.15, -0.1) is 11.3 Å². The zero-order valence-electron chi connectivity index (χ0n) is 12.9. The molecule has 1 amide bonds. The predicted molar refractivity (Wildman–Crippen MR) is 89.7 cm³/mol. The van der Waals surface area contributed by atoms with Gasteiger partial charge in [-0.1, -0.05) is 17.7 Å². The number of hydrogen-bond acceptors (Lipinski definition) is 4. The zero-order chi connectivity index (χ0) is 17.3. The molecule has 0 bridgehead atoms. The van der Waals surface area contributed by atoms with Crippen LogP contribution in [0.2, 0.25) is 5.02 Å². The first-order valence-corrected chi connectivity index (χ1v) is 8.72. The Morgan fingerprint density at radius 3 is 2.92 bits per heavy atom. The Labute approximate surface area is 147 Å². The van der Waals surface area contributed by atoms with E-state index in [4.69, 9.17) is 16.3 Å². The van der Waals surface area contributed by atoms with E-state index >= 15 is 0 Å². The van der Waals surface area contributed by atoms with Gasteiger partial charge < -0.3 is 9.64 Å². The van der Waals surface area contributed by atoms with Crippen molar-refractivity contribution in [3.8, 4) is 0 Å². The molecule has 126 valence electrons. The molecule has 4 nitrogen and oxygen atoms in total. The number of benzene rings is 1. The van der Waals surface area contributed by atoms with Crippen molar-refractivity contribution in [2.24, 2.45) is 0 Å². The third kappa shape index (κ3) is 3.30. The third-order valence-electron chi connectivity index (χ3n) is 3.92. The molecule has 2 aromatic rings. The highest BCUT2D eigenvalue weighted by Crippen LogP contribution is 2.25. The molecule has 1 aromatic heterocycles. The van der Waals surface area contributed by atoms with Gasteiger partial charge in [0.15, 0.2) is 6.10 Å². The van der Waals surface area contributed by atoms with Crippen molar-refractivity contribution < 1.29 is 18.7 Å². The average Bonchev–Trinajstić information content (AvgIpc) is 3.01. The number of hydrogen-bond donors (Lipinski definition) is 0. The summed E-state index contributed by atoms with van der Waals surface area (Å²) in [6, 6.07) is 5.92. The second-order valence-electron chi connectivity index (χ2n) is 5.52. The van der Waals surface area contributed by atoms with Gasteiger partial charge in [-0.3, -0.25) is 4.79 Å². The van der Waals surface area contributed by atoms with Crippen LogP contribution in [-0.4, -0.2) is 29.4 Å². The fourth-order valence-electron chi connectivity index (χ4n) is 2.66. The molecule has 1 aliphatic heterocycles. The lowest BCUT2D eigenvalue weighted by Gasteiger charge is -2.29. The molecular formula is C17H15ClFNO3S. The minimum Gasteiger partial charge on any atom is -0.449 e. The van der Waals surface area contributed by atoms with Gasteiger partial charge in [0.05, 0.1) is 5.02 Å². The van der Waals surface area contributed by atoms with Crippen molar-refractivity contribution in [2.75, 3.05) is 6.54 Å². The number of thiophene rings is 1. The van der Waals surface area contributed by atoms with E-state index in [2.05, 4.69) is 0 Å². The maximum atomic E-state index is 13.8. The van der Waals surface area contributed by atoms with Crippen LogP contribution in [-0.2, 0) is 22.5 Å². The number of esters is 1. The highest BCUT2D eigenvalue weighted by molar-refractivity contribution is 7.10. The fraction of sp³-hybridized carbons (Fsp3) is 0.294. The van der Waals surface area contributed by atoms with E-state index in [1.165, 1.54) is 23.9 Å². The molecule has 0 N–H and O–H groups in total. The third-order valence-corrected chi connectivity index (χ3v) is 5.26. The molecule has 0 aliphatic carbocycles. The molecule has 1 aliphatic rings. The highest BCUT2D eigenvalue weighted by Gasteiger charge is 2.29. The van der Waals surface area contributed by atoms with Crippen LogP contribution in [0.5, 0.6) is 0 Å². The summed E-state index contributed by atoms with van der Waals surface area (Å²) in [6.07, 6.45) is -0.216. The number of amides is 1. The number of fused-ring (bicyclic) bond motifs is 1. The van der Waals surface area contributed by atoms with E-state index < -0.39 is 17.9 Å². The van der Waals surface area contributed by atoms with Gasteiger partial charge in [0.25, 0.3) is 5.91 Å². The zero-order valence-corrected chi connectivity index (χ0v) is 14.5. The minimum atomic E-state index is -1.01. The maximum Gasteiger partial charge on any atom is 0.343 e. The number of halogens is 2. The summed E-state index contributed by atoms with van der Waals surface area (Å²) >= 11 is 7.52. The van der Waals surface area contributed by atoms with Crippen LogP contribution in [0.25, 0.3) is 0 Å². The van der Waals surface area contributed by atoms with Gasteiger partial charge in [-0.2, -0.15) is 0 Å². The van der Waals surface area contributed by atoms with Gasteiger partial charge in [-0.05, 0) is 42.5 Å². The molecule has 0 spiro atoms. The van der Waals surface area contributed by atoms with Crippen molar-refractivity contribution in [3.63, 3.8) is 0 Å². The van der Waals surface area contributed by atoms with Gasteiger partial charge in [0, 0.05) is 18.0 Å². The monoisotopic (exact) mass is 367 g/mol. The number of carbonyl (C=O) groups excluding carboxylic acids is 2. The number of carbonyl (C=O) groups is 2. The standard InChI is InChI=1S/C17H15ClFNO3S/c1-10(23-17(22)15-12(18)3-2-4-13(15)19)16(21)20-7-5-14-11(9-20)6-8-24-14/h2-4,6,8,10H,5,7,9H2,1H3. The normalized spacial score (nSPS) is 14.9. The Balaban J connectivity index is 1.68. The molecule has 3 rings (SSSR count). The molecule has 1 aromatic carbocycles. The van der Waals surface area contributed by atoms with E-state index in [1.807, 2.05) is 11.4 Å². The fourth-order valence-corrected chi connectivity index (χ4v) is 3.79. The largest absolute Gasteiger partial charge is 0.449 e.